The number of thioether (sulfide) groups is 1. The molecule has 0 radical (unpaired) electrons. The smallest absolute Gasteiger partial charge is 0.418 e. The van der Waals surface area contributed by atoms with Gasteiger partial charge in [0.25, 0.3) is 0 Å². The monoisotopic (exact) mass is 492 g/mol. The number of hydrogen-bond donors (Lipinski definition) is 1. The Bertz CT molecular complexity index is 1020. The van der Waals surface area contributed by atoms with Crippen LogP contribution in [-0.2, 0) is 33.0 Å². The van der Waals surface area contributed by atoms with Gasteiger partial charge in [0.15, 0.2) is 0 Å². The first kappa shape index (κ1) is 25.1. The second-order valence-electron chi connectivity index (χ2n) is 7.17. The van der Waals surface area contributed by atoms with E-state index in [1.165, 1.54) is 0 Å². The van der Waals surface area contributed by atoms with Gasteiger partial charge in [-0.3, -0.25) is 0 Å². The van der Waals surface area contributed by atoms with Crippen molar-refractivity contribution in [3.05, 3.63) is 71.3 Å². The zero-order valence-electron chi connectivity index (χ0n) is 16.9. The molecular formula is C22H18F6O4S. The molecule has 2 aromatic rings. The summed E-state index contributed by atoms with van der Waals surface area (Å²) in [5.41, 5.74) is -6.40. The number of ether oxygens (including phenoxy) is 2. The van der Waals surface area contributed by atoms with Gasteiger partial charge in [-0.1, -0.05) is 54.7 Å². The van der Waals surface area contributed by atoms with E-state index < -0.39 is 57.0 Å². The molecular weight excluding hydrogens is 474 g/mol. The zero-order valence-corrected chi connectivity index (χ0v) is 17.7. The number of carbonyl (C=O) groups is 1. The quantitative estimate of drug-likeness (QED) is 0.402. The Balaban J connectivity index is 1.95. The Labute approximate surface area is 189 Å². The largest absolute Gasteiger partial charge is 0.478 e. The van der Waals surface area contributed by atoms with Gasteiger partial charge in [-0.25, -0.2) is 4.79 Å². The molecule has 1 saturated heterocycles. The first-order valence-electron chi connectivity index (χ1n) is 9.55. The van der Waals surface area contributed by atoms with E-state index in [1.807, 2.05) is 30.3 Å². The number of alkyl halides is 6. The van der Waals surface area contributed by atoms with Crippen LogP contribution in [0.5, 0.6) is 0 Å². The molecule has 0 aliphatic carbocycles. The van der Waals surface area contributed by atoms with Crippen molar-refractivity contribution in [1.29, 1.82) is 0 Å². The summed E-state index contributed by atoms with van der Waals surface area (Å²) in [4.78, 5) is 10.4. The maximum Gasteiger partial charge on any atom is 0.418 e. The lowest BCUT2D eigenvalue weighted by atomic mass is 9.95. The van der Waals surface area contributed by atoms with Crippen molar-refractivity contribution < 1.29 is 45.7 Å². The SMILES string of the molecule is C=C(C(=O)O)c1ccc(SC2COCC(Cc3ccccc3)O2)c(C(F)(F)F)c1C(F)(F)F. The lowest BCUT2D eigenvalue weighted by Crippen LogP contribution is -2.36. The third-order valence-corrected chi connectivity index (χ3v) is 5.89. The van der Waals surface area contributed by atoms with Crippen molar-refractivity contribution in [1.82, 2.24) is 0 Å². The molecule has 1 aliphatic rings. The second-order valence-corrected chi connectivity index (χ2v) is 8.37. The van der Waals surface area contributed by atoms with Crippen LogP contribution in [-0.4, -0.2) is 35.8 Å². The van der Waals surface area contributed by atoms with Gasteiger partial charge in [-0.15, -0.1) is 0 Å². The van der Waals surface area contributed by atoms with Crippen LogP contribution in [0.4, 0.5) is 26.3 Å². The molecule has 0 aromatic heterocycles. The molecule has 11 heteroatoms. The average molecular weight is 492 g/mol. The summed E-state index contributed by atoms with van der Waals surface area (Å²) < 4.78 is 93.9. The molecule has 0 amide bonds. The van der Waals surface area contributed by atoms with Crippen molar-refractivity contribution in [2.75, 3.05) is 13.2 Å². The van der Waals surface area contributed by atoms with E-state index in [-0.39, 0.29) is 13.2 Å². The van der Waals surface area contributed by atoms with Crippen molar-refractivity contribution >= 4 is 23.3 Å². The summed E-state index contributed by atoms with van der Waals surface area (Å²) in [5.74, 6) is -1.86. The number of carboxylic acid groups (broad SMARTS) is 1. The van der Waals surface area contributed by atoms with E-state index >= 15 is 0 Å². The molecule has 1 N–H and O–H groups in total. The number of aliphatic carboxylic acids is 1. The second kappa shape index (κ2) is 9.78. The lowest BCUT2D eigenvalue weighted by molar-refractivity contribution is -0.164. The molecule has 1 aliphatic heterocycles. The summed E-state index contributed by atoms with van der Waals surface area (Å²) in [6, 6.07) is 10.6. The third-order valence-electron chi connectivity index (χ3n) is 4.78. The summed E-state index contributed by atoms with van der Waals surface area (Å²) in [6.07, 6.45) is -11.0. The van der Waals surface area contributed by atoms with Gasteiger partial charge in [0.1, 0.15) is 5.44 Å². The lowest BCUT2D eigenvalue weighted by Gasteiger charge is -2.31. The van der Waals surface area contributed by atoms with Crippen molar-refractivity contribution in [2.45, 2.75) is 35.2 Å². The molecule has 2 aromatic carbocycles. The van der Waals surface area contributed by atoms with Crippen molar-refractivity contribution in [2.24, 2.45) is 0 Å². The Kier molecular flexibility index (Phi) is 7.45. The maximum absolute atomic E-state index is 13.8. The molecule has 4 nitrogen and oxygen atoms in total. The highest BCUT2D eigenvalue weighted by Crippen LogP contribution is 2.48. The molecule has 0 bridgehead atoms. The molecule has 2 unspecified atom stereocenters. The van der Waals surface area contributed by atoms with E-state index in [0.717, 1.165) is 11.6 Å². The summed E-state index contributed by atoms with van der Waals surface area (Å²) >= 11 is 0.447. The van der Waals surface area contributed by atoms with Crippen LogP contribution in [0.2, 0.25) is 0 Å². The van der Waals surface area contributed by atoms with Crippen molar-refractivity contribution in [3.8, 4) is 0 Å². The van der Waals surface area contributed by atoms with Gasteiger partial charge in [-0.05, 0) is 11.6 Å². The topological polar surface area (TPSA) is 55.8 Å². The fourth-order valence-corrected chi connectivity index (χ4v) is 4.54. The molecule has 33 heavy (non-hydrogen) atoms. The van der Waals surface area contributed by atoms with Crippen LogP contribution in [0.15, 0.2) is 53.9 Å². The number of rotatable bonds is 6. The fraction of sp³-hybridized carbons (Fsp3) is 0.318. The van der Waals surface area contributed by atoms with Gasteiger partial charge in [0, 0.05) is 16.9 Å². The Morgan fingerprint density at radius 2 is 1.64 bits per heavy atom. The normalized spacial score (nSPS) is 19.3. The third kappa shape index (κ3) is 6.10. The minimum Gasteiger partial charge on any atom is -0.478 e. The van der Waals surface area contributed by atoms with Crippen LogP contribution < -0.4 is 0 Å². The highest BCUT2D eigenvalue weighted by molar-refractivity contribution is 7.99. The van der Waals surface area contributed by atoms with E-state index in [2.05, 4.69) is 6.58 Å². The number of carboxylic acids is 1. The van der Waals surface area contributed by atoms with Gasteiger partial charge in [0.05, 0.1) is 36.0 Å². The van der Waals surface area contributed by atoms with E-state index in [1.54, 1.807) is 0 Å². The van der Waals surface area contributed by atoms with Gasteiger partial charge >= 0.3 is 18.3 Å². The summed E-state index contributed by atoms with van der Waals surface area (Å²) in [6.45, 7) is 3.06. The fourth-order valence-electron chi connectivity index (χ4n) is 3.40. The molecule has 0 saturated carbocycles. The predicted octanol–water partition coefficient (Wildman–Crippen LogP) is 5.90. The Morgan fingerprint density at radius 1 is 1.00 bits per heavy atom. The Hall–Kier alpha value is -2.50. The van der Waals surface area contributed by atoms with Crippen LogP contribution in [0.1, 0.15) is 22.3 Å². The summed E-state index contributed by atoms with van der Waals surface area (Å²) in [7, 11) is 0. The average Bonchev–Trinajstić information content (AvgIpc) is 2.72. The van der Waals surface area contributed by atoms with E-state index in [9.17, 15) is 31.1 Å². The van der Waals surface area contributed by atoms with Crippen LogP contribution in [0.3, 0.4) is 0 Å². The molecule has 0 spiro atoms. The highest BCUT2D eigenvalue weighted by atomic mass is 32.2. The first-order valence-corrected chi connectivity index (χ1v) is 10.4. The molecule has 1 fully saturated rings. The van der Waals surface area contributed by atoms with Gasteiger partial charge in [-0.2, -0.15) is 26.3 Å². The maximum atomic E-state index is 13.8. The minimum absolute atomic E-state index is 0.127. The predicted molar refractivity (Wildman–Crippen MR) is 109 cm³/mol. The number of hydrogen-bond acceptors (Lipinski definition) is 4. The van der Waals surface area contributed by atoms with E-state index in [4.69, 9.17) is 14.6 Å². The molecule has 178 valence electrons. The zero-order chi connectivity index (χ0) is 24.4. The number of benzene rings is 2. The van der Waals surface area contributed by atoms with Crippen LogP contribution in [0, 0.1) is 0 Å². The van der Waals surface area contributed by atoms with Crippen molar-refractivity contribution in [3.63, 3.8) is 0 Å². The highest BCUT2D eigenvalue weighted by Gasteiger charge is 2.47. The molecule has 1 heterocycles. The standard InChI is InChI=1S/C22H18F6O4S/c1-12(20(29)30)15-7-8-16(19(22(26,27)28)18(15)21(23,24)25)33-17-11-31-10-14(32-17)9-13-5-3-2-4-6-13/h2-8,14,17H,1,9-11H2,(H,29,30). The van der Waals surface area contributed by atoms with Crippen LogP contribution in [0.25, 0.3) is 5.57 Å². The Morgan fingerprint density at radius 3 is 2.21 bits per heavy atom. The first-order chi connectivity index (χ1) is 15.4. The van der Waals surface area contributed by atoms with E-state index in [0.29, 0.717) is 24.2 Å². The summed E-state index contributed by atoms with van der Waals surface area (Å²) in [5, 5.41) is 9.01. The minimum atomic E-state index is -5.48. The van der Waals surface area contributed by atoms with Crippen LogP contribution >= 0.6 is 11.8 Å². The molecule has 3 rings (SSSR count). The van der Waals surface area contributed by atoms with Gasteiger partial charge < -0.3 is 14.6 Å². The number of halogens is 6. The molecule has 2 atom stereocenters. The van der Waals surface area contributed by atoms with Gasteiger partial charge in [0.2, 0.25) is 0 Å².